The molecule has 0 aliphatic heterocycles. The summed E-state index contributed by atoms with van der Waals surface area (Å²) in [5.74, 6) is 0.799. The standard InChI is InChI=1S/C19H21ClN2O5/c20-16-11-14(22(24)25)7-9-17(16)26-12-15-8-10-18(27-15)19(23)21-13-5-3-1-2-4-6-13/h7-11,13H,1-6,12H2,(H,21,23). The van der Waals surface area contributed by atoms with Crippen LogP contribution in [0.2, 0.25) is 5.02 Å². The van der Waals surface area contributed by atoms with Crippen molar-refractivity contribution in [2.75, 3.05) is 0 Å². The molecule has 7 nitrogen and oxygen atoms in total. The van der Waals surface area contributed by atoms with E-state index in [2.05, 4.69) is 5.32 Å². The van der Waals surface area contributed by atoms with Crippen LogP contribution >= 0.6 is 11.6 Å². The zero-order valence-corrected chi connectivity index (χ0v) is 15.5. The minimum atomic E-state index is -0.526. The number of nitrogens with one attached hydrogen (secondary N) is 1. The summed E-state index contributed by atoms with van der Waals surface area (Å²) < 4.78 is 11.1. The molecule has 144 valence electrons. The van der Waals surface area contributed by atoms with E-state index in [9.17, 15) is 14.9 Å². The molecule has 3 rings (SSSR count). The van der Waals surface area contributed by atoms with Gasteiger partial charge < -0.3 is 14.5 Å². The summed E-state index contributed by atoms with van der Waals surface area (Å²) >= 11 is 5.99. The van der Waals surface area contributed by atoms with Gasteiger partial charge in [-0.05, 0) is 31.0 Å². The summed E-state index contributed by atoms with van der Waals surface area (Å²) in [5.41, 5.74) is -0.109. The van der Waals surface area contributed by atoms with E-state index in [-0.39, 0.29) is 35.0 Å². The van der Waals surface area contributed by atoms with Crippen molar-refractivity contribution in [1.82, 2.24) is 5.32 Å². The van der Waals surface area contributed by atoms with E-state index in [1.165, 1.54) is 31.0 Å². The van der Waals surface area contributed by atoms with Gasteiger partial charge in [-0.15, -0.1) is 0 Å². The van der Waals surface area contributed by atoms with Crippen LogP contribution in [0.25, 0.3) is 0 Å². The van der Waals surface area contributed by atoms with Crippen molar-refractivity contribution in [1.29, 1.82) is 0 Å². The Labute approximate surface area is 161 Å². The Morgan fingerprint density at radius 1 is 1.22 bits per heavy atom. The Hall–Kier alpha value is -2.54. The average molecular weight is 393 g/mol. The number of rotatable bonds is 6. The molecule has 0 unspecified atom stereocenters. The minimum Gasteiger partial charge on any atom is -0.484 e. The van der Waals surface area contributed by atoms with Crippen LogP contribution in [0, 0.1) is 10.1 Å². The Bertz CT molecular complexity index is 812. The summed E-state index contributed by atoms with van der Waals surface area (Å²) in [5, 5.41) is 13.9. The SMILES string of the molecule is O=C(NC1CCCCCC1)c1ccc(COc2ccc([N+](=O)[O-])cc2Cl)o1. The highest BCUT2D eigenvalue weighted by molar-refractivity contribution is 6.32. The van der Waals surface area contributed by atoms with E-state index in [0.29, 0.717) is 11.5 Å². The molecule has 0 radical (unpaired) electrons. The van der Waals surface area contributed by atoms with E-state index in [1.54, 1.807) is 12.1 Å². The van der Waals surface area contributed by atoms with Gasteiger partial charge in [0.25, 0.3) is 11.6 Å². The predicted molar refractivity (Wildman–Crippen MR) is 100 cm³/mol. The van der Waals surface area contributed by atoms with Crippen LogP contribution in [0.3, 0.4) is 0 Å². The maximum atomic E-state index is 12.3. The zero-order chi connectivity index (χ0) is 19.2. The molecule has 1 aliphatic rings. The fourth-order valence-corrected chi connectivity index (χ4v) is 3.36. The van der Waals surface area contributed by atoms with Crippen LogP contribution in [0.15, 0.2) is 34.7 Å². The fraction of sp³-hybridized carbons (Fsp3) is 0.421. The number of furan rings is 1. The molecular weight excluding hydrogens is 372 g/mol. The van der Waals surface area contributed by atoms with Crippen molar-refractivity contribution in [3.05, 3.63) is 57.0 Å². The van der Waals surface area contributed by atoms with Gasteiger partial charge in [0.1, 0.15) is 18.1 Å². The lowest BCUT2D eigenvalue weighted by molar-refractivity contribution is -0.384. The Morgan fingerprint density at radius 2 is 1.96 bits per heavy atom. The maximum absolute atomic E-state index is 12.3. The summed E-state index contributed by atoms with van der Waals surface area (Å²) in [7, 11) is 0. The van der Waals surface area contributed by atoms with E-state index >= 15 is 0 Å². The second-order valence-electron chi connectivity index (χ2n) is 6.59. The second-order valence-corrected chi connectivity index (χ2v) is 7.00. The molecule has 1 aliphatic carbocycles. The molecule has 2 aromatic rings. The van der Waals surface area contributed by atoms with Gasteiger partial charge in [0, 0.05) is 18.2 Å². The van der Waals surface area contributed by atoms with E-state index < -0.39 is 4.92 Å². The summed E-state index contributed by atoms with van der Waals surface area (Å²) in [6.07, 6.45) is 6.72. The number of amides is 1. The molecule has 0 spiro atoms. The molecule has 1 N–H and O–H groups in total. The van der Waals surface area contributed by atoms with Crippen LogP contribution in [0.5, 0.6) is 5.75 Å². The van der Waals surface area contributed by atoms with Gasteiger partial charge in [0.05, 0.1) is 9.95 Å². The number of nitro groups is 1. The first-order chi connectivity index (χ1) is 13.0. The molecule has 0 atom stereocenters. The van der Waals surface area contributed by atoms with Crippen LogP contribution in [-0.4, -0.2) is 16.9 Å². The molecule has 1 amide bonds. The van der Waals surface area contributed by atoms with Crippen molar-refractivity contribution in [2.45, 2.75) is 51.2 Å². The Kier molecular flexibility index (Phi) is 6.34. The molecular formula is C19H21ClN2O5. The monoisotopic (exact) mass is 392 g/mol. The van der Waals surface area contributed by atoms with E-state index in [0.717, 1.165) is 25.7 Å². The highest BCUT2D eigenvalue weighted by Crippen LogP contribution is 2.29. The van der Waals surface area contributed by atoms with Crippen molar-refractivity contribution in [3.63, 3.8) is 0 Å². The maximum Gasteiger partial charge on any atom is 0.287 e. The third kappa shape index (κ3) is 5.23. The van der Waals surface area contributed by atoms with Gasteiger partial charge in [-0.1, -0.05) is 37.3 Å². The number of halogens is 1. The number of carbonyl (C=O) groups excluding carboxylic acids is 1. The lowest BCUT2D eigenvalue weighted by Gasteiger charge is -2.15. The third-order valence-corrected chi connectivity index (χ3v) is 4.87. The molecule has 1 fully saturated rings. The van der Waals surface area contributed by atoms with Crippen LogP contribution in [-0.2, 0) is 6.61 Å². The molecule has 1 heterocycles. The molecule has 0 bridgehead atoms. The lowest BCUT2D eigenvalue weighted by Crippen LogP contribution is -2.34. The molecule has 8 heteroatoms. The second kappa shape index (κ2) is 8.90. The lowest BCUT2D eigenvalue weighted by atomic mass is 10.1. The third-order valence-electron chi connectivity index (χ3n) is 4.57. The van der Waals surface area contributed by atoms with Crippen molar-refractivity contribution >= 4 is 23.2 Å². The highest BCUT2D eigenvalue weighted by Gasteiger charge is 2.18. The van der Waals surface area contributed by atoms with Gasteiger partial charge >= 0.3 is 0 Å². The zero-order valence-electron chi connectivity index (χ0n) is 14.8. The number of hydrogen-bond donors (Lipinski definition) is 1. The van der Waals surface area contributed by atoms with Crippen LogP contribution in [0.1, 0.15) is 54.8 Å². The molecule has 27 heavy (non-hydrogen) atoms. The number of carbonyl (C=O) groups is 1. The first kappa shape index (κ1) is 19.2. The van der Waals surface area contributed by atoms with Gasteiger partial charge in [0.2, 0.25) is 0 Å². The topological polar surface area (TPSA) is 94.6 Å². The highest BCUT2D eigenvalue weighted by atomic mass is 35.5. The van der Waals surface area contributed by atoms with Gasteiger partial charge in [-0.25, -0.2) is 0 Å². The number of nitrogens with zero attached hydrogens (tertiary/aromatic N) is 1. The number of benzene rings is 1. The molecule has 1 aromatic heterocycles. The summed E-state index contributed by atoms with van der Waals surface area (Å²) in [4.78, 5) is 22.5. The first-order valence-corrected chi connectivity index (χ1v) is 9.37. The number of non-ortho nitro benzene ring substituents is 1. The van der Waals surface area contributed by atoms with Crippen LogP contribution in [0.4, 0.5) is 5.69 Å². The molecule has 1 saturated carbocycles. The smallest absolute Gasteiger partial charge is 0.287 e. The fourth-order valence-electron chi connectivity index (χ4n) is 3.13. The van der Waals surface area contributed by atoms with Gasteiger partial charge in [0.15, 0.2) is 5.76 Å². The minimum absolute atomic E-state index is 0.0637. The van der Waals surface area contributed by atoms with Crippen molar-refractivity contribution < 1.29 is 18.9 Å². The predicted octanol–water partition coefficient (Wildman–Crippen LogP) is 4.87. The molecule has 0 saturated heterocycles. The molecule has 1 aromatic carbocycles. The van der Waals surface area contributed by atoms with Crippen molar-refractivity contribution in [2.24, 2.45) is 0 Å². The Morgan fingerprint density at radius 3 is 2.63 bits per heavy atom. The number of hydrogen-bond acceptors (Lipinski definition) is 5. The number of nitro benzene ring substituents is 1. The Balaban J connectivity index is 1.56. The van der Waals surface area contributed by atoms with Gasteiger partial charge in [-0.2, -0.15) is 0 Å². The normalized spacial score (nSPS) is 15.1. The van der Waals surface area contributed by atoms with E-state index in [4.69, 9.17) is 20.8 Å². The largest absolute Gasteiger partial charge is 0.484 e. The number of ether oxygens (including phenoxy) is 1. The van der Waals surface area contributed by atoms with Crippen LogP contribution < -0.4 is 10.1 Å². The first-order valence-electron chi connectivity index (χ1n) is 8.99. The van der Waals surface area contributed by atoms with Gasteiger partial charge in [-0.3, -0.25) is 14.9 Å². The average Bonchev–Trinajstić information content (AvgIpc) is 2.98. The quantitative estimate of drug-likeness (QED) is 0.429. The summed E-state index contributed by atoms with van der Waals surface area (Å²) in [6.45, 7) is 0.0637. The van der Waals surface area contributed by atoms with E-state index in [1.807, 2.05) is 0 Å². The van der Waals surface area contributed by atoms with Crippen molar-refractivity contribution in [3.8, 4) is 5.75 Å². The summed E-state index contributed by atoms with van der Waals surface area (Å²) in [6, 6.07) is 7.45.